The molecule has 128 valence electrons. The Bertz CT molecular complexity index is 575. The van der Waals surface area contributed by atoms with Gasteiger partial charge in [-0.15, -0.1) is 0 Å². The minimum atomic E-state index is -1.11. The highest BCUT2D eigenvalue weighted by molar-refractivity contribution is 6.76. The van der Waals surface area contributed by atoms with Gasteiger partial charge in [-0.3, -0.25) is 4.79 Å². The quantitative estimate of drug-likeness (QED) is 0.439. The number of carbonyl (C=O) groups is 1. The standard InChI is InChI=1S/C16H23Cl2NO3Si/c1-23(2,3)7-6-21-10-22-13-5-4-12(17)16(18)15(13)11-8-14(20)19-9-11/h4-5,11H,6-10H2,1-3H3,(H,19,20)/t11-/m0/s1. The second-order valence-corrected chi connectivity index (χ2v) is 13.4. The minimum absolute atomic E-state index is 0.0170. The van der Waals surface area contributed by atoms with E-state index in [2.05, 4.69) is 25.0 Å². The fourth-order valence-corrected chi connectivity index (χ4v) is 3.64. The van der Waals surface area contributed by atoms with E-state index >= 15 is 0 Å². The highest BCUT2D eigenvalue weighted by Crippen LogP contribution is 2.40. The number of hydrogen-bond donors (Lipinski definition) is 1. The lowest BCUT2D eigenvalue weighted by Gasteiger charge is -2.19. The largest absolute Gasteiger partial charge is 0.467 e. The van der Waals surface area contributed by atoms with Crippen molar-refractivity contribution >= 4 is 37.2 Å². The Kier molecular flexibility index (Phi) is 6.37. The fraction of sp³-hybridized carbons (Fsp3) is 0.562. The molecule has 23 heavy (non-hydrogen) atoms. The Balaban J connectivity index is 2.01. The first-order valence-electron chi connectivity index (χ1n) is 7.73. The van der Waals surface area contributed by atoms with Crippen LogP contribution in [0.5, 0.6) is 5.75 Å². The summed E-state index contributed by atoms with van der Waals surface area (Å²) >= 11 is 12.5. The van der Waals surface area contributed by atoms with E-state index in [0.29, 0.717) is 35.4 Å². The molecule has 0 aliphatic carbocycles. The molecule has 1 aliphatic rings. The molecule has 0 spiro atoms. The zero-order valence-electron chi connectivity index (χ0n) is 13.7. The van der Waals surface area contributed by atoms with Crippen LogP contribution in [0.25, 0.3) is 0 Å². The molecule has 1 N–H and O–H groups in total. The maximum atomic E-state index is 11.5. The molecule has 1 aromatic carbocycles. The summed E-state index contributed by atoms with van der Waals surface area (Å²) in [5.74, 6) is 0.628. The maximum absolute atomic E-state index is 11.5. The molecular formula is C16H23Cl2NO3Si. The summed E-state index contributed by atoms with van der Waals surface area (Å²) < 4.78 is 11.3. The van der Waals surface area contributed by atoms with E-state index in [0.717, 1.165) is 11.6 Å². The average Bonchev–Trinajstić information content (AvgIpc) is 2.87. The minimum Gasteiger partial charge on any atom is -0.467 e. The summed E-state index contributed by atoms with van der Waals surface area (Å²) in [5.41, 5.74) is 0.784. The molecule has 7 heteroatoms. The van der Waals surface area contributed by atoms with Gasteiger partial charge in [0, 0.05) is 39.1 Å². The van der Waals surface area contributed by atoms with E-state index in [1.807, 2.05) is 0 Å². The van der Waals surface area contributed by atoms with Crippen molar-refractivity contribution in [3.05, 3.63) is 27.7 Å². The molecule has 4 nitrogen and oxygen atoms in total. The van der Waals surface area contributed by atoms with E-state index in [1.54, 1.807) is 12.1 Å². The maximum Gasteiger partial charge on any atom is 0.220 e. The summed E-state index contributed by atoms with van der Waals surface area (Å²) in [5, 5.41) is 3.73. The van der Waals surface area contributed by atoms with Gasteiger partial charge in [-0.1, -0.05) is 42.8 Å². The molecule has 1 fully saturated rings. The molecule has 0 bridgehead atoms. The van der Waals surface area contributed by atoms with Gasteiger partial charge >= 0.3 is 0 Å². The van der Waals surface area contributed by atoms with Gasteiger partial charge in [0.05, 0.1) is 10.0 Å². The van der Waals surface area contributed by atoms with Crippen LogP contribution in [0.15, 0.2) is 12.1 Å². The molecule has 0 aromatic heterocycles. The Morgan fingerprint density at radius 1 is 1.30 bits per heavy atom. The molecule has 0 radical (unpaired) electrons. The third kappa shape index (κ3) is 5.38. The highest BCUT2D eigenvalue weighted by Gasteiger charge is 2.28. The monoisotopic (exact) mass is 375 g/mol. The topological polar surface area (TPSA) is 47.6 Å². The van der Waals surface area contributed by atoms with E-state index < -0.39 is 8.07 Å². The number of carbonyl (C=O) groups excluding carboxylic acids is 1. The Labute approximate surface area is 148 Å². The van der Waals surface area contributed by atoms with Gasteiger partial charge < -0.3 is 14.8 Å². The van der Waals surface area contributed by atoms with E-state index in [1.165, 1.54) is 0 Å². The van der Waals surface area contributed by atoms with Crippen LogP contribution in [0.1, 0.15) is 17.9 Å². The van der Waals surface area contributed by atoms with Crippen molar-refractivity contribution in [3.63, 3.8) is 0 Å². The smallest absolute Gasteiger partial charge is 0.220 e. The predicted molar refractivity (Wildman–Crippen MR) is 96.4 cm³/mol. The second-order valence-electron chi connectivity index (χ2n) is 6.96. The third-order valence-corrected chi connectivity index (χ3v) is 6.30. The average molecular weight is 376 g/mol. The van der Waals surface area contributed by atoms with Crippen molar-refractivity contribution in [1.82, 2.24) is 5.32 Å². The molecule has 1 aliphatic heterocycles. The summed E-state index contributed by atoms with van der Waals surface area (Å²) in [6.45, 7) is 8.32. The molecule has 2 rings (SSSR count). The van der Waals surface area contributed by atoms with Gasteiger partial charge in [0.25, 0.3) is 0 Å². The molecular weight excluding hydrogens is 353 g/mol. The summed E-state index contributed by atoms with van der Waals surface area (Å²) in [7, 11) is -1.11. The lowest BCUT2D eigenvalue weighted by molar-refractivity contribution is -0.119. The van der Waals surface area contributed by atoms with Gasteiger partial charge in [-0.2, -0.15) is 0 Å². The molecule has 0 saturated carbocycles. The van der Waals surface area contributed by atoms with Crippen molar-refractivity contribution < 1.29 is 14.3 Å². The Morgan fingerprint density at radius 3 is 2.65 bits per heavy atom. The first-order chi connectivity index (χ1) is 10.8. The number of hydrogen-bond acceptors (Lipinski definition) is 3. The number of amides is 1. The molecule has 1 saturated heterocycles. The van der Waals surface area contributed by atoms with Gasteiger partial charge in [0.2, 0.25) is 5.91 Å². The van der Waals surface area contributed by atoms with Gasteiger partial charge in [0.1, 0.15) is 5.75 Å². The van der Waals surface area contributed by atoms with Crippen molar-refractivity contribution in [2.45, 2.75) is 38.0 Å². The summed E-state index contributed by atoms with van der Waals surface area (Å²) in [6, 6.07) is 4.58. The lowest BCUT2D eigenvalue weighted by Crippen LogP contribution is -2.22. The van der Waals surface area contributed by atoms with Crippen LogP contribution in [0.4, 0.5) is 0 Å². The fourth-order valence-electron chi connectivity index (χ4n) is 2.41. The van der Waals surface area contributed by atoms with Crippen LogP contribution in [0.2, 0.25) is 35.7 Å². The SMILES string of the molecule is C[Si](C)(C)CCOCOc1ccc(Cl)c(Cl)c1[C@@H]1CNC(=O)C1. The van der Waals surface area contributed by atoms with Crippen LogP contribution in [0, 0.1) is 0 Å². The highest BCUT2D eigenvalue weighted by atomic mass is 35.5. The van der Waals surface area contributed by atoms with Gasteiger partial charge in [-0.05, 0) is 18.2 Å². The van der Waals surface area contributed by atoms with Crippen LogP contribution < -0.4 is 10.1 Å². The second kappa shape index (κ2) is 7.88. The third-order valence-electron chi connectivity index (χ3n) is 3.77. The van der Waals surface area contributed by atoms with Crippen LogP contribution >= 0.6 is 23.2 Å². The van der Waals surface area contributed by atoms with Gasteiger partial charge in [-0.25, -0.2) is 0 Å². The Morgan fingerprint density at radius 2 is 2.04 bits per heavy atom. The van der Waals surface area contributed by atoms with Crippen LogP contribution in [-0.4, -0.2) is 33.9 Å². The number of ether oxygens (including phenoxy) is 2. The number of halogens is 2. The predicted octanol–water partition coefficient (Wildman–Crippen LogP) is 4.29. The summed E-state index contributed by atoms with van der Waals surface area (Å²) in [4.78, 5) is 11.5. The van der Waals surface area contributed by atoms with Crippen LogP contribution in [-0.2, 0) is 9.53 Å². The van der Waals surface area contributed by atoms with Crippen molar-refractivity contribution in [1.29, 1.82) is 0 Å². The molecule has 0 unspecified atom stereocenters. The first kappa shape index (κ1) is 18.6. The molecule has 1 amide bonds. The van der Waals surface area contributed by atoms with Gasteiger partial charge in [0.15, 0.2) is 6.79 Å². The normalized spacial score (nSPS) is 18.1. The number of rotatable bonds is 7. The van der Waals surface area contributed by atoms with Crippen LogP contribution in [0.3, 0.4) is 0 Å². The summed E-state index contributed by atoms with van der Waals surface area (Å²) in [6.07, 6.45) is 0.396. The number of nitrogens with one attached hydrogen (secondary N) is 1. The zero-order valence-corrected chi connectivity index (χ0v) is 16.3. The zero-order chi connectivity index (χ0) is 17.0. The van der Waals surface area contributed by atoms with Crippen molar-refractivity contribution in [3.8, 4) is 5.75 Å². The molecule has 1 aromatic rings. The van der Waals surface area contributed by atoms with Crippen molar-refractivity contribution in [2.24, 2.45) is 0 Å². The first-order valence-corrected chi connectivity index (χ1v) is 12.2. The Hall–Kier alpha value is -0.753. The molecule has 1 heterocycles. The van der Waals surface area contributed by atoms with Crippen molar-refractivity contribution in [2.75, 3.05) is 19.9 Å². The molecule has 1 atom stereocenters. The van der Waals surface area contributed by atoms with E-state index in [9.17, 15) is 4.79 Å². The number of benzene rings is 1. The van der Waals surface area contributed by atoms with E-state index in [-0.39, 0.29) is 18.6 Å². The lowest BCUT2D eigenvalue weighted by atomic mass is 9.97. The van der Waals surface area contributed by atoms with E-state index in [4.69, 9.17) is 32.7 Å².